The van der Waals surface area contributed by atoms with Gasteiger partial charge in [0.15, 0.2) is 0 Å². The van der Waals surface area contributed by atoms with E-state index in [0.717, 1.165) is 11.6 Å². The minimum absolute atomic E-state index is 0.110. The van der Waals surface area contributed by atoms with Gasteiger partial charge in [-0.2, -0.15) is 5.26 Å². The van der Waals surface area contributed by atoms with Crippen LogP contribution in [-0.2, 0) is 0 Å². The first-order valence-corrected chi connectivity index (χ1v) is 5.82. The lowest BCUT2D eigenvalue weighted by Crippen LogP contribution is -2.12. The molecular formula is C15H11FN2O2. The number of carbonyl (C=O) groups is 1. The van der Waals surface area contributed by atoms with Crippen molar-refractivity contribution in [2.75, 3.05) is 5.32 Å². The van der Waals surface area contributed by atoms with Crippen LogP contribution in [-0.4, -0.2) is 11.0 Å². The topological polar surface area (TPSA) is 73.1 Å². The monoisotopic (exact) mass is 270 g/mol. The molecular weight excluding hydrogens is 259 g/mol. The Labute approximate surface area is 115 Å². The van der Waals surface area contributed by atoms with E-state index in [9.17, 15) is 14.3 Å². The number of benzene rings is 2. The minimum atomic E-state index is -0.649. The first-order chi connectivity index (χ1) is 9.51. The van der Waals surface area contributed by atoms with E-state index in [-0.39, 0.29) is 22.6 Å². The van der Waals surface area contributed by atoms with Crippen LogP contribution in [0.2, 0.25) is 0 Å². The lowest BCUT2D eigenvalue weighted by molar-refractivity contribution is 0.102. The molecule has 0 bridgehead atoms. The van der Waals surface area contributed by atoms with E-state index >= 15 is 0 Å². The van der Waals surface area contributed by atoms with Gasteiger partial charge in [0, 0.05) is 5.69 Å². The maximum absolute atomic E-state index is 13.2. The molecule has 0 fully saturated rings. The smallest absolute Gasteiger partial charge is 0.259 e. The van der Waals surface area contributed by atoms with Gasteiger partial charge in [-0.15, -0.1) is 0 Å². The summed E-state index contributed by atoms with van der Waals surface area (Å²) in [5, 5.41) is 20.9. The van der Waals surface area contributed by atoms with Crippen LogP contribution in [0.25, 0.3) is 0 Å². The van der Waals surface area contributed by atoms with E-state index in [1.54, 1.807) is 19.1 Å². The Kier molecular flexibility index (Phi) is 3.67. The largest absolute Gasteiger partial charge is 0.507 e. The second kappa shape index (κ2) is 5.41. The predicted molar refractivity (Wildman–Crippen MR) is 71.9 cm³/mol. The predicted octanol–water partition coefficient (Wildman–Crippen LogP) is 2.96. The fourth-order valence-electron chi connectivity index (χ4n) is 1.72. The van der Waals surface area contributed by atoms with Crippen LogP contribution < -0.4 is 5.32 Å². The van der Waals surface area contributed by atoms with Crippen LogP contribution >= 0.6 is 0 Å². The number of phenolic OH excluding ortho intramolecular Hbond substituents is 1. The molecule has 2 aromatic rings. The molecule has 0 saturated heterocycles. The van der Waals surface area contributed by atoms with Crippen molar-refractivity contribution in [3.05, 3.63) is 58.9 Å². The Balaban J connectivity index is 2.26. The highest BCUT2D eigenvalue weighted by molar-refractivity contribution is 6.06. The maximum Gasteiger partial charge on any atom is 0.259 e. The van der Waals surface area contributed by atoms with Crippen molar-refractivity contribution >= 4 is 11.6 Å². The standard InChI is InChI=1S/C15H11FN2O2/c1-9-2-4-12(14(19)6-9)15(20)18-11-3-5-13(16)10(7-11)8-17/h2-7,19H,1H3,(H,18,20). The number of hydrogen-bond donors (Lipinski definition) is 2. The Hall–Kier alpha value is -2.87. The van der Waals surface area contributed by atoms with Crippen LogP contribution in [0.5, 0.6) is 5.75 Å². The van der Waals surface area contributed by atoms with Crippen LogP contribution in [0.4, 0.5) is 10.1 Å². The van der Waals surface area contributed by atoms with Gasteiger partial charge in [-0.3, -0.25) is 4.79 Å². The van der Waals surface area contributed by atoms with Gasteiger partial charge in [0.05, 0.1) is 11.1 Å². The lowest BCUT2D eigenvalue weighted by Gasteiger charge is -2.08. The number of rotatable bonds is 2. The number of halogens is 1. The number of nitrogens with zero attached hydrogens (tertiary/aromatic N) is 1. The highest BCUT2D eigenvalue weighted by Gasteiger charge is 2.12. The van der Waals surface area contributed by atoms with Crippen molar-refractivity contribution in [1.29, 1.82) is 5.26 Å². The zero-order chi connectivity index (χ0) is 14.7. The van der Waals surface area contributed by atoms with E-state index < -0.39 is 11.7 Å². The second-order valence-corrected chi connectivity index (χ2v) is 4.28. The number of hydrogen-bond acceptors (Lipinski definition) is 3. The molecule has 0 saturated carbocycles. The van der Waals surface area contributed by atoms with Gasteiger partial charge >= 0.3 is 0 Å². The third-order valence-electron chi connectivity index (χ3n) is 2.74. The van der Waals surface area contributed by atoms with Crippen LogP contribution in [0.1, 0.15) is 21.5 Å². The Morgan fingerprint density at radius 1 is 1.30 bits per heavy atom. The average molecular weight is 270 g/mol. The number of nitriles is 1. The van der Waals surface area contributed by atoms with Gasteiger partial charge in [-0.1, -0.05) is 6.07 Å². The van der Waals surface area contributed by atoms with E-state index in [1.165, 1.54) is 24.3 Å². The van der Waals surface area contributed by atoms with Gasteiger partial charge in [0.25, 0.3) is 5.91 Å². The first-order valence-electron chi connectivity index (χ1n) is 5.82. The van der Waals surface area contributed by atoms with Gasteiger partial charge in [-0.05, 0) is 42.8 Å². The summed E-state index contributed by atoms with van der Waals surface area (Å²) in [4.78, 5) is 12.0. The molecule has 2 N–H and O–H groups in total. The molecule has 0 atom stereocenters. The van der Waals surface area contributed by atoms with Crippen molar-refractivity contribution in [3.8, 4) is 11.8 Å². The van der Waals surface area contributed by atoms with Crippen molar-refractivity contribution in [2.24, 2.45) is 0 Å². The lowest BCUT2D eigenvalue weighted by atomic mass is 10.1. The molecule has 2 rings (SSSR count). The summed E-state index contributed by atoms with van der Waals surface area (Å²) in [5.74, 6) is -1.31. The highest BCUT2D eigenvalue weighted by atomic mass is 19.1. The molecule has 1 amide bonds. The van der Waals surface area contributed by atoms with E-state index in [1.807, 2.05) is 0 Å². The maximum atomic E-state index is 13.2. The Morgan fingerprint density at radius 2 is 2.05 bits per heavy atom. The fourth-order valence-corrected chi connectivity index (χ4v) is 1.72. The van der Waals surface area contributed by atoms with Crippen LogP contribution in [0.15, 0.2) is 36.4 Å². The number of phenols is 1. The Bertz CT molecular complexity index is 720. The number of anilines is 1. The second-order valence-electron chi connectivity index (χ2n) is 4.28. The first kappa shape index (κ1) is 13.6. The third kappa shape index (κ3) is 2.75. The molecule has 100 valence electrons. The molecule has 20 heavy (non-hydrogen) atoms. The summed E-state index contributed by atoms with van der Waals surface area (Å²) in [5.41, 5.74) is 1.06. The molecule has 2 aromatic carbocycles. The quantitative estimate of drug-likeness (QED) is 0.881. The summed E-state index contributed by atoms with van der Waals surface area (Å²) in [6.07, 6.45) is 0. The van der Waals surface area contributed by atoms with Crippen molar-refractivity contribution in [3.63, 3.8) is 0 Å². The van der Waals surface area contributed by atoms with E-state index in [2.05, 4.69) is 5.32 Å². The molecule has 0 spiro atoms. The van der Waals surface area contributed by atoms with E-state index in [4.69, 9.17) is 5.26 Å². The molecule has 4 nitrogen and oxygen atoms in total. The summed E-state index contributed by atoms with van der Waals surface area (Å²) >= 11 is 0. The zero-order valence-corrected chi connectivity index (χ0v) is 10.6. The van der Waals surface area contributed by atoms with E-state index in [0.29, 0.717) is 0 Å². The zero-order valence-electron chi connectivity index (χ0n) is 10.6. The Morgan fingerprint density at radius 3 is 2.70 bits per heavy atom. The van der Waals surface area contributed by atoms with Crippen molar-refractivity contribution in [2.45, 2.75) is 6.92 Å². The number of aromatic hydroxyl groups is 1. The molecule has 0 aliphatic rings. The molecule has 0 aliphatic carbocycles. The number of carbonyl (C=O) groups excluding carboxylic acids is 1. The van der Waals surface area contributed by atoms with Gasteiger partial charge in [-0.25, -0.2) is 4.39 Å². The van der Waals surface area contributed by atoms with Crippen molar-refractivity contribution < 1.29 is 14.3 Å². The third-order valence-corrected chi connectivity index (χ3v) is 2.74. The molecule has 0 aromatic heterocycles. The molecule has 5 heteroatoms. The number of aryl methyl sites for hydroxylation is 1. The summed E-state index contributed by atoms with van der Waals surface area (Å²) in [7, 11) is 0. The molecule has 0 aliphatic heterocycles. The summed E-state index contributed by atoms with van der Waals surface area (Å²) in [6, 6.07) is 10.0. The highest BCUT2D eigenvalue weighted by Crippen LogP contribution is 2.21. The molecule has 0 heterocycles. The van der Waals surface area contributed by atoms with Crippen molar-refractivity contribution in [1.82, 2.24) is 0 Å². The van der Waals surface area contributed by atoms with Crippen LogP contribution in [0, 0.1) is 24.1 Å². The molecule has 0 unspecified atom stereocenters. The number of amides is 1. The van der Waals surface area contributed by atoms with Gasteiger partial charge in [0.1, 0.15) is 17.6 Å². The van der Waals surface area contributed by atoms with Crippen LogP contribution in [0.3, 0.4) is 0 Å². The average Bonchev–Trinajstić information content (AvgIpc) is 2.40. The SMILES string of the molecule is Cc1ccc(C(=O)Nc2ccc(F)c(C#N)c2)c(O)c1. The fraction of sp³-hybridized carbons (Fsp3) is 0.0667. The summed E-state index contributed by atoms with van der Waals surface area (Å²) in [6.45, 7) is 1.79. The molecule has 0 radical (unpaired) electrons. The minimum Gasteiger partial charge on any atom is -0.507 e. The van der Waals surface area contributed by atoms with Gasteiger partial charge in [0.2, 0.25) is 0 Å². The number of nitrogens with one attached hydrogen (secondary N) is 1. The normalized spacial score (nSPS) is 9.85. The summed E-state index contributed by atoms with van der Waals surface area (Å²) < 4.78 is 13.2. The van der Waals surface area contributed by atoms with Gasteiger partial charge < -0.3 is 10.4 Å².